The van der Waals surface area contributed by atoms with Gasteiger partial charge in [-0.2, -0.15) is 4.98 Å². The Morgan fingerprint density at radius 3 is 2.69 bits per heavy atom. The molecule has 1 aromatic carbocycles. The molecule has 1 fully saturated rings. The van der Waals surface area contributed by atoms with Gasteiger partial charge in [-0.05, 0) is 37.3 Å². The normalized spacial score (nSPS) is 13.9. The third-order valence-corrected chi connectivity index (χ3v) is 4.05. The van der Waals surface area contributed by atoms with E-state index >= 15 is 0 Å². The summed E-state index contributed by atoms with van der Waals surface area (Å²) in [6.07, 6.45) is 2.57. The Kier molecular flexibility index (Phi) is 7.67. The summed E-state index contributed by atoms with van der Waals surface area (Å²) >= 11 is 0. The molecule has 1 saturated carbocycles. The molecule has 1 aromatic heterocycles. The van der Waals surface area contributed by atoms with Crippen LogP contribution >= 0.6 is 24.0 Å². The van der Waals surface area contributed by atoms with Crippen LogP contribution in [0, 0.1) is 19.8 Å². The monoisotopic (exact) mass is 471 g/mol. The largest absolute Gasteiger partial charge is 0.493 e. The number of hydrogen-bond acceptors (Lipinski definition) is 5. The number of hydrogen-bond donors (Lipinski definition) is 2. The zero-order chi connectivity index (χ0) is 17.6. The van der Waals surface area contributed by atoms with E-state index in [2.05, 4.69) is 50.9 Å². The number of ether oxygens (including phenoxy) is 1. The molecule has 142 valence electrons. The Balaban J connectivity index is 0.00000243. The summed E-state index contributed by atoms with van der Waals surface area (Å²) in [4.78, 5) is 8.39. The van der Waals surface area contributed by atoms with Gasteiger partial charge in [0.15, 0.2) is 11.8 Å². The van der Waals surface area contributed by atoms with E-state index < -0.39 is 0 Å². The lowest BCUT2D eigenvalue weighted by atomic mass is 10.1. The third-order valence-electron chi connectivity index (χ3n) is 4.05. The van der Waals surface area contributed by atoms with Crippen molar-refractivity contribution < 1.29 is 9.26 Å². The second-order valence-corrected chi connectivity index (χ2v) is 6.37. The summed E-state index contributed by atoms with van der Waals surface area (Å²) in [6, 6.07) is 6.29. The SMILES string of the molecule is CN=C(NCc1noc(C)n1)NCc1ccc(C)cc1OCC1CC1.I. The Morgan fingerprint density at radius 2 is 2.04 bits per heavy atom. The van der Waals surface area contributed by atoms with Crippen LogP contribution in [0.4, 0.5) is 0 Å². The molecule has 1 aliphatic rings. The first-order valence-electron chi connectivity index (χ1n) is 8.60. The van der Waals surface area contributed by atoms with Crippen molar-refractivity contribution in [2.75, 3.05) is 13.7 Å². The molecule has 0 amide bonds. The molecule has 0 unspecified atom stereocenters. The highest BCUT2D eigenvalue weighted by Crippen LogP contribution is 2.30. The van der Waals surface area contributed by atoms with Crippen LogP contribution in [0.3, 0.4) is 0 Å². The molecule has 2 N–H and O–H groups in total. The summed E-state index contributed by atoms with van der Waals surface area (Å²) < 4.78 is 11.0. The van der Waals surface area contributed by atoms with Crippen LogP contribution < -0.4 is 15.4 Å². The van der Waals surface area contributed by atoms with Crippen molar-refractivity contribution in [2.45, 2.75) is 39.8 Å². The highest BCUT2D eigenvalue weighted by Gasteiger charge is 2.22. The summed E-state index contributed by atoms with van der Waals surface area (Å²) in [5.41, 5.74) is 2.31. The van der Waals surface area contributed by atoms with Crippen LogP contribution in [0.15, 0.2) is 27.7 Å². The summed E-state index contributed by atoms with van der Waals surface area (Å²) in [5, 5.41) is 10.3. The standard InChI is InChI=1S/C18H25N5O2.HI/c1-12-4-7-15(16(8-12)24-11-14-5-6-14)9-20-18(19-3)21-10-17-22-13(2)25-23-17;/h4,7-8,14H,5-6,9-11H2,1-3H3,(H2,19,20,21);1H. The highest BCUT2D eigenvalue weighted by molar-refractivity contribution is 14.0. The van der Waals surface area contributed by atoms with Crippen molar-refractivity contribution >= 4 is 29.9 Å². The Morgan fingerprint density at radius 1 is 1.27 bits per heavy atom. The first kappa shape index (κ1) is 20.5. The second kappa shape index (κ2) is 9.75. The highest BCUT2D eigenvalue weighted by atomic mass is 127. The zero-order valence-electron chi connectivity index (χ0n) is 15.4. The van der Waals surface area contributed by atoms with Crippen molar-refractivity contribution in [1.29, 1.82) is 0 Å². The second-order valence-electron chi connectivity index (χ2n) is 6.37. The van der Waals surface area contributed by atoms with E-state index in [9.17, 15) is 0 Å². The average Bonchev–Trinajstić information content (AvgIpc) is 3.35. The van der Waals surface area contributed by atoms with Gasteiger partial charge in [-0.3, -0.25) is 4.99 Å². The van der Waals surface area contributed by atoms with Gasteiger partial charge in [0.1, 0.15) is 5.75 Å². The quantitative estimate of drug-likeness (QED) is 0.367. The number of nitrogens with zero attached hydrogens (tertiary/aromatic N) is 3. The maximum Gasteiger partial charge on any atom is 0.223 e. The minimum atomic E-state index is 0. The fourth-order valence-corrected chi connectivity index (χ4v) is 2.41. The molecule has 2 aromatic rings. The number of guanidine groups is 1. The van der Waals surface area contributed by atoms with E-state index in [0.29, 0.717) is 30.8 Å². The van der Waals surface area contributed by atoms with Crippen LogP contribution in [0.1, 0.15) is 35.7 Å². The smallest absolute Gasteiger partial charge is 0.223 e. The molecule has 0 aliphatic heterocycles. The van der Waals surface area contributed by atoms with Gasteiger partial charge in [-0.1, -0.05) is 17.3 Å². The summed E-state index contributed by atoms with van der Waals surface area (Å²) in [5.74, 6) is 3.51. The van der Waals surface area contributed by atoms with Gasteiger partial charge in [-0.15, -0.1) is 24.0 Å². The molecule has 0 saturated heterocycles. The lowest BCUT2D eigenvalue weighted by Gasteiger charge is -2.15. The van der Waals surface area contributed by atoms with Gasteiger partial charge >= 0.3 is 0 Å². The van der Waals surface area contributed by atoms with Crippen LogP contribution in [0.5, 0.6) is 5.75 Å². The van der Waals surface area contributed by atoms with Crippen LogP contribution in [-0.4, -0.2) is 29.8 Å². The van der Waals surface area contributed by atoms with E-state index in [0.717, 1.165) is 23.8 Å². The van der Waals surface area contributed by atoms with Crippen LogP contribution in [0.25, 0.3) is 0 Å². The van der Waals surface area contributed by atoms with Gasteiger partial charge in [0.2, 0.25) is 5.89 Å². The number of aromatic nitrogens is 2. The zero-order valence-corrected chi connectivity index (χ0v) is 17.7. The van der Waals surface area contributed by atoms with Crippen molar-refractivity contribution in [2.24, 2.45) is 10.9 Å². The van der Waals surface area contributed by atoms with E-state index in [1.165, 1.54) is 18.4 Å². The predicted octanol–water partition coefficient (Wildman–Crippen LogP) is 2.96. The van der Waals surface area contributed by atoms with Crippen molar-refractivity contribution in [3.8, 4) is 5.75 Å². The minimum Gasteiger partial charge on any atom is -0.493 e. The number of aryl methyl sites for hydroxylation is 2. The molecule has 3 rings (SSSR count). The number of benzene rings is 1. The fourth-order valence-electron chi connectivity index (χ4n) is 2.41. The van der Waals surface area contributed by atoms with E-state index in [4.69, 9.17) is 9.26 Å². The van der Waals surface area contributed by atoms with Crippen molar-refractivity contribution in [3.63, 3.8) is 0 Å². The molecular weight excluding hydrogens is 445 g/mol. The fraction of sp³-hybridized carbons (Fsp3) is 0.500. The number of halogens is 1. The van der Waals surface area contributed by atoms with Crippen LogP contribution in [-0.2, 0) is 13.1 Å². The molecule has 1 aliphatic carbocycles. The van der Waals surface area contributed by atoms with E-state index in [-0.39, 0.29) is 24.0 Å². The van der Waals surface area contributed by atoms with E-state index in [1.807, 2.05) is 0 Å². The van der Waals surface area contributed by atoms with E-state index in [1.54, 1.807) is 14.0 Å². The molecule has 0 bridgehead atoms. The van der Waals surface area contributed by atoms with Crippen LogP contribution in [0.2, 0.25) is 0 Å². The molecule has 1 heterocycles. The molecular formula is C18H26IN5O2. The Hall–Kier alpha value is -1.84. The molecule has 0 spiro atoms. The molecule has 0 radical (unpaired) electrons. The minimum absolute atomic E-state index is 0. The number of nitrogens with one attached hydrogen (secondary N) is 2. The number of aliphatic imine (C=N–C) groups is 1. The van der Waals surface area contributed by atoms with Crippen molar-refractivity contribution in [3.05, 3.63) is 41.0 Å². The third kappa shape index (κ3) is 6.15. The topological polar surface area (TPSA) is 84.6 Å². The van der Waals surface area contributed by atoms with Gasteiger partial charge in [0, 0.05) is 26.1 Å². The first-order valence-corrected chi connectivity index (χ1v) is 8.60. The predicted molar refractivity (Wildman–Crippen MR) is 111 cm³/mol. The summed E-state index contributed by atoms with van der Waals surface area (Å²) in [7, 11) is 1.73. The first-order chi connectivity index (χ1) is 12.1. The van der Waals surface area contributed by atoms with Gasteiger partial charge in [0.05, 0.1) is 13.2 Å². The van der Waals surface area contributed by atoms with Gasteiger partial charge in [-0.25, -0.2) is 0 Å². The summed E-state index contributed by atoms with van der Waals surface area (Å²) in [6.45, 7) is 5.74. The lowest BCUT2D eigenvalue weighted by Crippen LogP contribution is -2.36. The lowest BCUT2D eigenvalue weighted by molar-refractivity contribution is 0.296. The Bertz CT molecular complexity index is 743. The van der Waals surface area contributed by atoms with Crippen molar-refractivity contribution in [1.82, 2.24) is 20.8 Å². The van der Waals surface area contributed by atoms with Gasteiger partial charge < -0.3 is 19.9 Å². The maximum atomic E-state index is 6.01. The molecule has 26 heavy (non-hydrogen) atoms. The Labute approximate surface area is 171 Å². The molecule has 8 heteroatoms. The van der Waals surface area contributed by atoms with Gasteiger partial charge in [0.25, 0.3) is 0 Å². The molecule has 7 nitrogen and oxygen atoms in total. The number of rotatable bonds is 7. The molecule has 0 atom stereocenters. The average molecular weight is 471 g/mol. The maximum absolute atomic E-state index is 6.01.